The van der Waals surface area contributed by atoms with Crippen molar-refractivity contribution in [1.82, 2.24) is 0 Å². The second-order valence-corrected chi connectivity index (χ2v) is 16.9. The van der Waals surface area contributed by atoms with Gasteiger partial charge >= 0.3 is 15.6 Å². The van der Waals surface area contributed by atoms with Gasteiger partial charge < -0.3 is 18.6 Å². The fourth-order valence-electron chi connectivity index (χ4n) is 5.11. The van der Waals surface area contributed by atoms with Gasteiger partial charge in [-0.1, -0.05) is 81.4 Å². The van der Waals surface area contributed by atoms with Gasteiger partial charge in [0.05, 0.1) is 38.1 Å². The van der Waals surface area contributed by atoms with E-state index in [2.05, 4.69) is 4.18 Å². The van der Waals surface area contributed by atoms with Gasteiger partial charge in [-0.2, -0.15) is 21.6 Å². The molecular weight excluding hydrogens is 589 g/mol. The summed E-state index contributed by atoms with van der Waals surface area (Å²) in [5.41, 5.74) is -3.55. The molecule has 4 atom stereocenters. The van der Waals surface area contributed by atoms with Crippen molar-refractivity contribution < 1.29 is 44.4 Å². The molecule has 0 amide bonds. The van der Waals surface area contributed by atoms with E-state index in [4.69, 9.17) is 18.6 Å². The Morgan fingerprint density at radius 1 is 0.905 bits per heavy atom. The Labute approximate surface area is 248 Å². The van der Waals surface area contributed by atoms with Crippen molar-refractivity contribution in [1.29, 1.82) is 0 Å². The first-order valence-electron chi connectivity index (χ1n) is 14.6. The Hall–Kier alpha value is -1.80. The predicted octanol–water partition coefficient (Wildman–Crippen LogP) is 6.98. The highest BCUT2D eigenvalue weighted by Crippen LogP contribution is 2.35. The van der Waals surface area contributed by atoms with Gasteiger partial charge in [-0.25, -0.2) is 0 Å². The Morgan fingerprint density at radius 3 is 2.02 bits per heavy atom. The van der Waals surface area contributed by atoms with E-state index >= 15 is 0 Å². The highest BCUT2D eigenvalue weighted by Gasteiger charge is 2.50. The lowest BCUT2D eigenvalue weighted by molar-refractivity contribution is -0.191. The molecule has 3 rings (SSSR count). The largest absolute Gasteiger partial charge is 0.523 e. The summed E-state index contributed by atoms with van der Waals surface area (Å²) < 4.78 is 92.6. The average molecular weight is 633 g/mol. The fourth-order valence-corrected chi connectivity index (χ4v) is 8.44. The molecule has 0 aromatic heterocycles. The zero-order chi connectivity index (χ0) is 30.6. The highest BCUT2D eigenvalue weighted by molar-refractivity contribution is 7.87. The molecule has 0 saturated carbocycles. The number of rotatable bonds is 17. The Morgan fingerprint density at radius 2 is 1.48 bits per heavy atom. The molecule has 1 fully saturated rings. The van der Waals surface area contributed by atoms with E-state index in [0.29, 0.717) is 32.5 Å². The van der Waals surface area contributed by atoms with Crippen molar-refractivity contribution in [2.75, 3.05) is 13.2 Å². The first-order valence-corrected chi connectivity index (χ1v) is 18.5. The summed E-state index contributed by atoms with van der Waals surface area (Å²) in [4.78, 5) is 0. The lowest BCUT2D eigenvalue weighted by atomic mass is 9.95. The third-order valence-electron chi connectivity index (χ3n) is 7.82. The molecule has 0 bridgehead atoms. The van der Waals surface area contributed by atoms with Gasteiger partial charge in [0.25, 0.3) is 0 Å². The molecule has 1 heterocycles. The van der Waals surface area contributed by atoms with Crippen LogP contribution in [0.15, 0.2) is 60.7 Å². The van der Waals surface area contributed by atoms with Crippen LogP contribution in [0.2, 0.25) is 18.1 Å². The molecule has 1 aliphatic heterocycles. The van der Waals surface area contributed by atoms with Crippen LogP contribution in [-0.4, -0.2) is 59.9 Å². The average Bonchev–Trinajstić information content (AvgIpc) is 2.99. The molecule has 0 N–H and O–H groups in total. The number of hydrogen-bond acceptors (Lipinski definition) is 7. The molecule has 236 valence electrons. The molecule has 1 aliphatic rings. The minimum absolute atomic E-state index is 0.269. The van der Waals surface area contributed by atoms with Gasteiger partial charge in [-0.3, -0.25) is 4.18 Å². The Kier molecular flexibility index (Phi) is 13.5. The molecule has 0 spiro atoms. The zero-order valence-corrected chi connectivity index (χ0v) is 26.4. The monoisotopic (exact) mass is 632 g/mol. The highest BCUT2D eigenvalue weighted by atomic mass is 32.2. The topological polar surface area (TPSA) is 80.3 Å². The molecule has 0 aliphatic carbocycles. The van der Waals surface area contributed by atoms with E-state index in [9.17, 15) is 21.6 Å². The first-order chi connectivity index (χ1) is 20.0. The summed E-state index contributed by atoms with van der Waals surface area (Å²) in [6, 6.07) is 21.7. The smallest absolute Gasteiger partial charge is 0.409 e. The van der Waals surface area contributed by atoms with Crippen molar-refractivity contribution in [2.45, 2.75) is 101 Å². The molecule has 42 heavy (non-hydrogen) atoms. The van der Waals surface area contributed by atoms with Crippen LogP contribution in [0.25, 0.3) is 0 Å². The van der Waals surface area contributed by atoms with Crippen LogP contribution in [0, 0.1) is 0 Å². The maximum absolute atomic E-state index is 13.1. The van der Waals surface area contributed by atoms with Crippen LogP contribution < -0.4 is 0 Å². The number of halogens is 3. The second-order valence-electron chi connectivity index (χ2n) is 10.6. The van der Waals surface area contributed by atoms with Gasteiger partial charge in [-0.05, 0) is 42.1 Å². The van der Waals surface area contributed by atoms with Crippen LogP contribution in [-0.2, 0) is 46.2 Å². The predicted molar refractivity (Wildman–Crippen MR) is 157 cm³/mol. The molecule has 12 heteroatoms. The Balaban J connectivity index is 1.77. The summed E-state index contributed by atoms with van der Waals surface area (Å²) in [6.45, 7) is 6.51. The van der Waals surface area contributed by atoms with E-state index in [1.54, 1.807) is 0 Å². The lowest BCUT2D eigenvalue weighted by Gasteiger charge is -2.45. The maximum atomic E-state index is 13.1. The van der Waals surface area contributed by atoms with Crippen LogP contribution in [0.5, 0.6) is 0 Å². The van der Waals surface area contributed by atoms with E-state index in [1.165, 1.54) is 0 Å². The summed E-state index contributed by atoms with van der Waals surface area (Å²) in [6.07, 6.45) is -1.16. The van der Waals surface area contributed by atoms with Crippen LogP contribution in [0.1, 0.15) is 51.2 Å². The van der Waals surface area contributed by atoms with E-state index in [-0.39, 0.29) is 6.61 Å². The Bertz CT molecular complexity index is 1140. The standard InChI is InChI=1S/C30H43F3O7SSi/c1-4-42(5-2,6-3)40-29-27(37-22-25-16-11-8-12-17-25)20-26(18-13-19-36-21-24-14-9-7-10-15-24)39-28(29)23-38-41(34,35)30(31,32)33/h7-12,14-17,26-29H,4-6,13,18-23H2,1-3H3/t26-,27+,28-,29+/m1/s1. The van der Waals surface area contributed by atoms with Crippen molar-refractivity contribution in [3.63, 3.8) is 0 Å². The summed E-state index contributed by atoms with van der Waals surface area (Å²) in [5, 5.41) is 0. The third-order valence-corrected chi connectivity index (χ3v) is 13.5. The summed E-state index contributed by atoms with van der Waals surface area (Å²) >= 11 is 0. The lowest BCUT2D eigenvalue weighted by Crippen LogP contribution is -2.57. The fraction of sp³-hybridized carbons (Fsp3) is 0.600. The number of ether oxygens (including phenoxy) is 3. The van der Waals surface area contributed by atoms with E-state index in [1.807, 2.05) is 81.4 Å². The van der Waals surface area contributed by atoms with E-state index < -0.39 is 55.0 Å². The van der Waals surface area contributed by atoms with Crippen LogP contribution in [0.4, 0.5) is 13.2 Å². The minimum Gasteiger partial charge on any atom is -0.409 e. The molecule has 2 aromatic rings. The van der Waals surface area contributed by atoms with Gasteiger partial charge in [0.1, 0.15) is 6.10 Å². The molecular formula is C30H43F3O7SSi. The van der Waals surface area contributed by atoms with Crippen molar-refractivity contribution >= 4 is 18.4 Å². The van der Waals surface area contributed by atoms with Crippen LogP contribution in [0.3, 0.4) is 0 Å². The first kappa shape index (κ1) is 34.7. The molecule has 0 unspecified atom stereocenters. The van der Waals surface area contributed by atoms with E-state index in [0.717, 1.165) is 29.3 Å². The number of benzene rings is 2. The normalized spacial score (nSPS) is 21.9. The summed E-state index contributed by atoms with van der Waals surface area (Å²) in [7, 11) is -8.11. The zero-order valence-electron chi connectivity index (χ0n) is 24.6. The minimum atomic E-state index is -5.81. The SMILES string of the molecule is CC[Si](CC)(CC)O[C@H]1[C@@H](OCc2ccccc2)C[C@@H](CCCOCc2ccccc2)O[C@@H]1COS(=O)(=O)C(F)(F)F. The molecule has 1 saturated heterocycles. The van der Waals surface area contributed by atoms with Crippen molar-refractivity contribution in [2.24, 2.45) is 0 Å². The third kappa shape index (κ3) is 10.1. The summed E-state index contributed by atoms with van der Waals surface area (Å²) in [5.74, 6) is 0. The number of hydrogen-bond donors (Lipinski definition) is 0. The quantitative estimate of drug-likeness (QED) is 0.0806. The van der Waals surface area contributed by atoms with Gasteiger partial charge in [0, 0.05) is 13.0 Å². The molecule has 2 aromatic carbocycles. The van der Waals surface area contributed by atoms with Gasteiger partial charge in [-0.15, -0.1) is 0 Å². The van der Waals surface area contributed by atoms with Crippen molar-refractivity contribution in [3.8, 4) is 0 Å². The van der Waals surface area contributed by atoms with Gasteiger partial charge in [0.15, 0.2) is 8.32 Å². The van der Waals surface area contributed by atoms with Crippen molar-refractivity contribution in [3.05, 3.63) is 71.8 Å². The maximum Gasteiger partial charge on any atom is 0.523 e. The number of alkyl halides is 3. The molecule has 7 nitrogen and oxygen atoms in total. The molecule has 0 radical (unpaired) electrons. The van der Waals surface area contributed by atoms with Gasteiger partial charge in [0.2, 0.25) is 0 Å². The van der Waals surface area contributed by atoms with Crippen LogP contribution >= 0.6 is 0 Å². The second kappa shape index (κ2) is 16.3.